The lowest BCUT2D eigenvalue weighted by atomic mass is 10.2. The largest absolute Gasteiger partial charge is 0.388 e. The van der Waals surface area contributed by atoms with Gasteiger partial charge in [0.05, 0.1) is 5.55 Å². The Hall–Kier alpha value is -0.440. The van der Waals surface area contributed by atoms with Gasteiger partial charge >= 0.3 is 0 Å². The van der Waals surface area contributed by atoms with Gasteiger partial charge < -0.3 is 10.7 Å². The van der Waals surface area contributed by atoms with Crippen LogP contribution in [0.3, 0.4) is 0 Å². The van der Waals surface area contributed by atoms with Crippen molar-refractivity contribution in [3.05, 3.63) is 12.3 Å². The van der Waals surface area contributed by atoms with Gasteiger partial charge in [0.1, 0.15) is 0 Å². The molecular weight excluding hydrogens is 168 g/mol. The number of thioether (sulfide) groups is 1. The van der Waals surface area contributed by atoms with Crippen LogP contribution >= 0.6 is 11.8 Å². The second kappa shape index (κ2) is 7.22. The molecule has 0 aliphatic carbocycles. The molecule has 0 amide bonds. The van der Waals surface area contributed by atoms with Crippen LogP contribution in [0, 0.1) is 5.41 Å². The van der Waals surface area contributed by atoms with Gasteiger partial charge in [-0.25, -0.2) is 0 Å². The molecule has 0 aromatic rings. The summed E-state index contributed by atoms with van der Waals surface area (Å²) < 4.78 is 0. The zero-order valence-corrected chi connectivity index (χ0v) is 8.82. The van der Waals surface area contributed by atoms with Crippen LogP contribution in [0.1, 0.15) is 27.2 Å². The fourth-order valence-electron chi connectivity index (χ4n) is 0.698. The second-order valence-electron chi connectivity index (χ2n) is 2.73. The maximum absolute atomic E-state index is 6.93. The molecule has 0 aromatic heterocycles. The van der Waals surface area contributed by atoms with E-state index in [1.54, 1.807) is 11.8 Å². The first-order valence-corrected chi connectivity index (χ1v) is 5.22. The molecule has 70 valence electrons. The standard InChI is InChI=1S/C9H18N2S/c1-4-5-6-11-8(2)9(3)12-7-10/h5-11H,4H2,1-3H3/b6-5-,10-7?/t8?,9-/m0/s1. The van der Waals surface area contributed by atoms with Gasteiger partial charge in [0.15, 0.2) is 0 Å². The molecule has 2 N–H and O–H groups in total. The van der Waals surface area contributed by atoms with Crippen LogP contribution in [0.2, 0.25) is 0 Å². The molecule has 0 saturated heterocycles. The number of hydrogen-bond donors (Lipinski definition) is 2. The average molecular weight is 186 g/mol. The summed E-state index contributed by atoms with van der Waals surface area (Å²) in [5.74, 6) is 0. The minimum atomic E-state index is 0.416. The average Bonchev–Trinajstić information content (AvgIpc) is 2.05. The highest BCUT2D eigenvalue weighted by atomic mass is 32.2. The van der Waals surface area contributed by atoms with E-state index in [1.807, 2.05) is 6.20 Å². The summed E-state index contributed by atoms with van der Waals surface area (Å²) in [7, 11) is 0. The molecule has 0 spiro atoms. The van der Waals surface area contributed by atoms with Crippen molar-refractivity contribution in [2.75, 3.05) is 0 Å². The first-order chi connectivity index (χ1) is 5.72. The molecule has 2 atom stereocenters. The number of hydrogen-bond acceptors (Lipinski definition) is 3. The van der Waals surface area contributed by atoms with E-state index in [9.17, 15) is 0 Å². The van der Waals surface area contributed by atoms with Crippen molar-refractivity contribution < 1.29 is 0 Å². The smallest absolute Gasteiger partial charge is 0.0509 e. The number of nitrogens with one attached hydrogen (secondary N) is 2. The molecule has 0 aliphatic rings. The van der Waals surface area contributed by atoms with Crippen molar-refractivity contribution in [2.24, 2.45) is 0 Å². The first kappa shape index (κ1) is 11.6. The minimum Gasteiger partial charge on any atom is -0.388 e. The lowest BCUT2D eigenvalue weighted by Crippen LogP contribution is -2.29. The fraction of sp³-hybridized carbons (Fsp3) is 0.667. The summed E-state index contributed by atoms with van der Waals surface area (Å²) in [5.41, 5.74) is 1.40. The molecule has 0 heterocycles. The molecule has 0 bridgehead atoms. The molecule has 0 aromatic carbocycles. The van der Waals surface area contributed by atoms with E-state index < -0.39 is 0 Å². The molecule has 0 fully saturated rings. The van der Waals surface area contributed by atoms with Crippen molar-refractivity contribution in [3.63, 3.8) is 0 Å². The summed E-state index contributed by atoms with van der Waals surface area (Å²) in [6, 6.07) is 0.416. The molecule has 2 nitrogen and oxygen atoms in total. The normalized spacial score (nSPS) is 15.9. The van der Waals surface area contributed by atoms with E-state index in [4.69, 9.17) is 5.41 Å². The van der Waals surface area contributed by atoms with E-state index in [1.165, 1.54) is 5.55 Å². The third kappa shape index (κ3) is 5.24. The van der Waals surface area contributed by atoms with Crippen molar-refractivity contribution in [1.82, 2.24) is 5.32 Å². The molecule has 1 unspecified atom stereocenters. The lowest BCUT2D eigenvalue weighted by molar-refractivity contribution is 0.632. The highest BCUT2D eigenvalue weighted by Crippen LogP contribution is 2.10. The quantitative estimate of drug-likeness (QED) is 0.494. The zero-order chi connectivity index (χ0) is 9.40. The van der Waals surface area contributed by atoms with E-state index in [-0.39, 0.29) is 0 Å². The van der Waals surface area contributed by atoms with Crippen LogP contribution in [-0.4, -0.2) is 16.8 Å². The van der Waals surface area contributed by atoms with E-state index in [0.717, 1.165) is 6.42 Å². The number of rotatable bonds is 6. The predicted octanol–water partition coefficient (Wildman–Crippen LogP) is 2.62. The second-order valence-corrected chi connectivity index (χ2v) is 3.98. The monoisotopic (exact) mass is 186 g/mol. The van der Waals surface area contributed by atoms with Crippen LogP contribution in [0.25, 0.3) is 0 Å². The van der Waals surface area contributed by atoms with Gasteiger partial charge in [0, 0.05) is 11.3 Å². The summed E-state index contributed by atoms with van der Waals surface area (Å²) >= 11 is 1.54. The SMILES string of the molecule is CC/C=C\NC(C)[C@H](C)SC=N. The molecule has 0 radical (unpaired) electrons. The summed E-state index contributed by atoms with van der Waals surface area (Å²) in [6.45, 7) is 6.35. The zero-order valence-electron chi connectivity index (χ0n) is 8.00. The van der Waals surface area contributed by atoms with Crippen LogP contribution in [-0.2, 0) is 0 Å². The van der Waals surface area contributed by atoms with Gasteiger partial charge in [0.25, 0.3) is 0 Å². The maximum Gasteiger partial charge on any atom is 0.0509 e. The fourth-order valence-corrected chi connectivity index (χ4v) is 1.23. The van der Waals surface area contributed by atoms with Crippen molar-refractivity contribution in [1.29, 1.82) is 5.41 Å². The predicted molar refractivity (Wildman–Crippen MR) is 57.9 cm³/mol. The van der Waals surface area contributed by atoms with E-state index >= 15 is 0 Å². The van der Waals surface area contributed by atoms with Crippen molar-refractivity contribution in [3.8, 4) is 0 Å². The van der Waals surface area contributed by atoms with Gasteiger partial charge in [-0.1, -0.05) is 19.9 Å². The van der Waals surface area contributed by atoms with Gasteiger partial charge in [-0.15, -0.1) is 11.8 Å². The van der Waals surface area contributed by atoms with Gasteiger partial charge in [-0.3, -0.25) is 0 Å². The van der Waals surface area contributed by atoms with Gasteiger partial charge in [-0.05, 0) is 19.5 Å². The summed E-state index contributed by atoms with van der Waals surface area (Å²) in [6.07, 6.45) is 5.15. The topological polar surface area (TPSA) is 35.9 Å². The first-order valence-electron chi connectivity index (χ1n) is 4.27. The number of allylic oxidation sites excluding steroid dienone is 1. The maximum atomic E-state index is 6.93. The van der Waals surface area contributed by atoms with Crippen LogP contribution in [0.5, 0.6) is 0 Å². The molecule has 3 heteroatoms. The minimum absolute atomic E-state index is 0.416. The Kier molecular flexibility index (Phi) is 6.96. The van der Waals surface area contributed by atoms with Crippen LogP contribution in [0.15, 0.2) is 12.3 Å². The van der Waals surface area contributed by atoms with E-state index in [2.05, 4.69) is 32.2 Å². The third-order valence-corrected chi connectivity index (χ3v) is 2.67. The summed E-state index contributed by atoms with van der Waals surface area (Å²) in [4.78, 5) is 0. The van der Waals surface area contributed by atoms with E-state index in [0.29, 0.717) is 11.3 Å². The molecule has 0 aliphatic heterocycles. The molecule has 12 heavy (non-hydrogen) atoms. The Morgan fingerprint density at radius 3 is 2.67 bits per heavy atom. The van der Waals surface area contributed by atoms with Gasteiger partial charge in [0.2, 0.25) is 0 Å². The van der Waals surface area contributed by atoms with Crippen LogP contribution < -0.4 is 5.32 Å². The Labute approximate surface area is 79.3 Å². The lowest BCUT2D eigenvalue weighted by Gasteiger charge is -2.17. The Morgan fingerprint density at radius 2 is 2.17 bits per heavy atom. The van der Waals surface area contributed by atoms with Gasteiger partial charge in [-0.2, -0.15) is 0 Å². The van der Waals surface area contributed by atoms with Crippen molar-refractivity contribution in [2.45, 2.75) is 38.5 Å². The third-order valence-electron chi connectivity index (χ3n) is 1.70. The van der Waals surface area contributed by atoms with Crippen molar-refractivity contribution >= 4 is 17.3 Å². The highest BCUT2D eigenvalue weighted by Gasteiger charge is 2.08. The highest BCUT2D eigenvalue weighted by molar-refractivity contribution is 8.12. The summed E-state index contributed by atoms with van der Waals surface area (Å²) in [5, 5.41) is 10.6. The molecule has 0 saturated carbocycles. The molecular formula is C9H18N2S. The Balaban J connectivity index is 3.62. The van der Waals surface area contributed by atoms with Crippen LogP contribution in [0.4, 0.5) is 0 Å². The Morgan fingerprint density at radius 1 is 1.50 bits per heavy atom. The molecule has 0 rings (SSSR count). The Bertz CT molecular complexity index is 145.